The zero-order chi connectivity index (χ0) is 13.9. The first-order valence-electron chi connectivity index (χ1n) is 6.23. The van der Waals surface area contributed by atoms with E-state index in [2.05, 4.69) is 59.4 Å². The van der Waals surface area contributed by atoms with Crippen molar-refractivity contribution in [3.05, 3.63) is 27.7 Å². The molecule has 0 bridgehead atoms. The van der Waals surface area contributed by atoms with Gasteiger partial charge in [-0.25, -0.2) is 0 Å². The van der Waals surface area contributed by atoms with E-state index in [1.165, 1.54) is 0 Å². The molecule has 0 atom stereocenters. The zero-order valence-electron chi connectivity index (χ0n) is 10.5. The van der Waals surface area contributed by atoms with E-state index in [4.69, 9.17) is 4.52 Å². The van der Waals surface area contributed by atoms with Crippen LogP contribution < -0.4 is 17.5 Å². The van der Waals surface area contributed by atoms with Gasteiger partial charge in [0.15, 0.2) is 0 Å². The molecule has 1 aliphatic rings. The second-order valence-electron chi connectivity index (χ2n) is 4.57. The molecule has 0 aromatic carbocycles. The normalized spacial score (nSPS) is 17.7. The van der Waals surface area contributed by atoms with Crippen LogP contribution in [0, 0.1) is 3.57 Å². The third kappa shape index (κ3) is 3.61. The van der Waals surface area contributed by atoms with E-state index in [0.29, 0.717) is 11.8 Å². The molecule has 0 spiro atoms. The van der Waals surface area contributed by atoms with E-state index in [0.717, 1.165) is 41.0 Å². The summed E-state index contributed by atoms with van der Waals surface area (Å²) in [4.78, 5) is 8.85. The van der Waals surface area contributed by atoms with Crippen LogP contribution in [-0.4, -0.2) is 31.3 Å². The molecule has 0 aliphatic carbocycles. The third-order valence-electron chi connectivity index (χ3n) is 3.28. The van der Waals surface area contributed by atoms with Crippen LogP contribution in [0.1, 0.15) is 24.6 Å². The van der Waals surface area contributed by atoms with Crippen molar-refractivity contribution in [1.29, 1.82) is 0 Å². The second-order valence-corrected chi connectivity index (χ2v) is 9.99. The second kappa shape index (κ2) is 7.13. The molecule has 108 valence electrons. The molecule has 3 heterocycles. The summed E-state index contributed by atoms with van der Waals surface area (Å²) in [6, 6.07) is 3.91. The number of piperidine rings is 1. The van der Waals surface area contributed by atoms with Gasteiger partial charge >= 0.3 is 153 Å². The monoisotopic (exact) mass is 609 g/mol. The van der Waals surface area contributed by atoms with E-state index >= 15 is 0 Å². The van der Waals surface area contributed by atoms with Crippen LogP contribution in [0.15, 0.2) is 22.9 Å². The predicted octanol–water partition coefficient (Wildman–Crippen LogP) is 0.270. The number of halogens is 3. The number of rotatable bonds is 3. The van der Waals surface area contributed by atoms with Crippen molar-refractivity contribution in [1.82, 2.24) is 18.2 Å². The van der Waals surface area contributed by atoms with Gasteiger partial charge in [-0.2, -0.15) is 0 Å². The minimum atomic E-state index is 0.190. The first-order chi connectivity index (χ1) is 9.76. The summed E-state index contributed by atoms with van der Waals surface area (Å²) in [5, 5.41) is 4.15. The van der Waals surface area contributed by atoms with Crippen LogP contribution in [0.3, 0.4) is 0 Å². The Kier molecular flexibility index (Phi) is 5.47. The van der Waals surface area contributed by atoms with E-state index in [1.54, 1.807) is 0 Å². The molecule has 3 rings (SSSR count). The van der Waals surface area contributed by atoms with Gasteiger partial charge in [-0.1, -0.05) is 0 Å². The van der Waals surface area contributed by atoms with Gasteiger partial charge in [-0.15, -0.1) is 0 Å². The summed E-state index contributed by atoms with van der Waals surface area (Å²) >= 11 is 4.94. The summed E-state index contributed by atoms with van der Waals surface area (Å²) in [5.41, 5.74) is 0.750. The van der Waals surface area contributed by atoms with Gasteiger partial charge < -0.3 is 0 Å². The maximum absolute atomic E-state index is 5.36. The summed E-state index contributed by atoms with van der Waals surface area (Å²) in [6.07, 6.45) is 4.06. The molecule has 5 nitrogen and oxygen atoms in total. The molecule has 2 aromatic rings. The van der Waals surface area contributed by atoms with Crippen LogP contribution in [-0.2, 0) is 0 Å². The molecular weight excluding hydrogens is 597 g/mol. The van der Waals surface area contributed by atoms with Gasteiger partial charge in [-0.05, 0) is 0 Å². The van der Waals surface area contributed by atoms with E-state index in [9.17, 15) is 0 Å². The Morgan fingerprint density at radius 1 is 1.30 bits per heavy atom. The van der Waals surface area contributed by atoms with Gasteiger partial charge in [0.1, 0.15) is 0 Å². The number of hydrogen-bond acceptors (Lipinski definition) is 5. The topological polar surface area (TPSA) is 55.1 Å². The van der Waals surface area contributed by atoms with Crippen LogP contribution in [0.25, 0.3) is 11.6 Å². The fourth-order valence-electron chi connectivity index (χ4n) is 2.18. The quantitative estimate of drug-likeness (QED) is 0.370. The number of aromatic nitrogens is 3. The zero-order valence-corrected chi connectivity index (χ0v) is 16.9. The Balaban J connectivity index is 1.72. The van der Waals surface area contributed by atoms with Crippen LogP contribution in [0.4, 0.5) is 0 Å². The van der Waals surface area contributed by atoms with E-state index in [-0.39, 0.29) is 17.5 Å². The first kappa shape index (κ1) is 15.3. The van der Waals surface area contributed by atoms with Crippen LogP contribution in [0.5, 0.6) is 0 Å². The van der Waals surface area contributed by atoms with Crippen molar-refractivity contribution >= 4 is 41.2 Å². The van der Waals surface area contributed by atoms with Crippen LogP contribution in [0.2, 0.25) is 0 Å². The molecule has 0 saturated carbocycles. The summed E-state index contributed by atoms with van der Waals surface area (Å²) < 4.78 is 9.01. The average Bonchev–Trinajstić information content (AvgIpc) is 2.98. The van der Waals surface area contributed by atoms with Gasteiger partial charge in [-0.3, -0.25) is 0 Å². The maximum atomic E-state index is 5.36. The van der Waals surface area contributed by atoms with Gasteiger partial charge in [0.25, 0.3) is 0 Å². The minimum absolute atomic E-state index is 0.190. The Labute approximate surface area is 151 Å². The van der Waals surface area contributed by atoms with Crippen LogP contribution >= 0.6 is 41.2 Å². The third-order valence-corrected chi connectivity index (χ3v) is 8.86. The van der Waals surface area contributed by atoms with Crippen molar-refractivity contribution in [3.63, 3.8) is 0 Å². The Morgan fingerprint density at radius 2 is 2.10 bits per heavy atom. The molecule has 2 aromatic heterocycles. The Hall–Kier alpha value is 0.440. The fraction of sp³-hybridized carbons (Fsp3) is 0.417. The fourth-order valence-corrected chi connectivity index (χ4v) is 5.86. The van der Waals surface area contributed by atoms with Crippen molar-refractivity contribution in [2.24, 2.45) is 0 Å². The molecule has 0 N–H and O–H groups in total. The molecule has 0 unspecified atom stereocenters. The molecule has 20 heavy (non-hydrogen) atoms. The summed E-state index contributed by atoms with van der Waals surface area (Å²) in [5.74, 6) is 1.80. The molecule has 0 radical (unpaired) electrons. The van der Waals surface area contributed by atoms with Crippen molar-refractivity contribution in [2.45, 2.75) is 18.8 Å². The predicted molar refractivity (Wildman–Crippen MR) is 87.8 cm³/mol. The van der Waals surface area contributed by atoms with Gasteiger partial charge in [0.05, 0.1) is 0 Å². The molecule has 1 saturated heterocycles. The van der Waals surface area contributed by atoms with Crippen molar-refractivity contribution in [2.75, 3.05) is 13.1 Å². The summed E-state index contributed by atoms with van der Waals surface area (Å²) in [7, 11) is 0. The molecular formula is C12H12I3N4O-. The SMILES string of the molecule is I[I-]N1CCC(c2noc(-c3ccc(I)cn3)n2)CC1. The van der Waals surface area contributed by atoms with Gasteiger partial charge in [0.2, 0.25) is 0 Å². The van der Waals surface area contributed by atoms with E-state index < -0.39 is 0 Å². The molecule has 0 amide bonds. The van der Waals surface area contributed by atoms with E-state index in [1.807, 2.05) is 18.3 Å². The molecule has 1 aliphatic heterocycles. The Bertz CT molecular complexity index is 566. The summed E-state index contributed by atoms with van der Waals surface area (Å²) in [6.45, 7) is 2.32. The first-order valence-corrected chi connectivity index (χ1v) is 14.6. The molecule has 8 heteroatoms. The van der Waals surface area contributed by atoms with Crippen molar-refractivity contribution in [3.8, 4) is 11.6 Å². The average molecular weight is 609 g/mol. The van der Waals surface area contributed by atoms with Crippen molar-refractivity contribution < 1.29 is 22.0 Å². The standard InChI is InChI=1S/C12H12I3N4O/c13-9-1-2-10(16-7-9)12-17-11(18-20-12)8-3-5-19(15-14)6-4-8/h1-2,7-8H,3-6H2/q-1. The number of hydrogen-bond donors (Lipinski definition) is 0. The van der Waals surface area contributed by atoms with Gasteiger partial charge in [0, 0.05) is 0 Å². The number of nitrogens with zero attached hydrogens (tertiary/aromatic N) is 4. The number of pyridine rings is 1. The molecule has 1 fully saturated rings. The Morgan fingerprint density at radius 3 is 2.75 bits per heavy atom.